The highest BCUT2D eigenvalue weighted by Gasteiger charge is 2.20. The van der Waals surface area contributed by atoms with Crippen molar-refractivity contribution in [2.24, 2.45) is 0 Å². The second kappa shape index (κ2) is 26.7. The first-order valence-electron chi connectivity index (χ1n) is 25.6. The normalized spacial score (nSPS) is 15.0. The van der Waals surface area contributed by atoms with Crippen molar-refractivity contribution in [2.45, 2.75) is 51.4 Å². The molecule has 8 aromatic carbocycles. The molecule has 0 saturated carbocycles. The van der Waals surface area contributed by atoms with Gasteiger partial charge in [-0.05, 0) is 99.9 Å². The van der Waals surface area contributed by atoms with E-state index in [-0.39, 0.29) is 0 Å². The van der Waals surface area contributed by atoms with Crippen molar-refractivity contribution >= 4 is 0 Å². The minimum atomic E-state index is 0.585. The minimum Gasteiger partial charge on any atom is -0.493 e. The Hall–Kier alpha value is -7.36. The van der Waals surface area contributed by atoms with Crippen LogP contribution in [0.2, 0.25) is 0 Å². The molecule has 0 N–H and O–H groups in total. The first-order chi connectivity index (χ1) is 35.8. The van der Waals surface area contributed by atoms with Crippen molar-refractivity contribution < 1.29 is 37.9 Å². The summed E-state index contributed by atoms with van der Waals surface area (Å²) in [7, 11) is 0. The predicted molar refractivity (Wildman–Crippen MR) is 288 cm³/mol. The van der Waals surface area contributed by atoms with Gasteiger partial charge in [-0.1, -0.05) is 146 Å². The summed E-state index contributed by atoms with van der Waals surface area (Å²) in [6, 6.07) is 64.9. The Kier molecular flexibility index (Phi) is 18.4. The van der Waals surface area contributed by atoms with E-state index in [4.69, 9.17) is 37.9 Å². The van der Waals surface area contributed by atoms with Gasteiger partial charge in [0.1, 0.15) is 46.0 Å². The van der Waals surface area contributed by atoms with Crippen molar-refractivity contribution in [2.75, 3.05) is 52.9 Å². The van der Waals surface area contributed by atoms with Gasteiger partial charge in [0.05, 0.1) is 13.2 Å². The predicted octanol–water partition coefficient (Wildman–Crippen LogP) is 16.7. The Morgan fingerprint density at radius 1 is 0.181 bits per heavy atom. The molecule has 0 atom stereocenters. The lowest BCUT2D eigenvalue weighted by Gasteiger charge is -2.19. The SMILES string of the molecule is c1ccc2c(c1)OCCCCOCCCCOCCCCOCCCCOc1ccccc1-c1ccccc1Oc1ccccc1-c1ccccc1Oc1ccccc1-c1ccccc1Oc1ccccc1-2. The lowest BCUT2D eigenvalue weighted by molar-refractivity contribution is 0.0879. The molecule has 1 aliphatic rings. The fraction of sp³-hybridized carbons (Fsp3) is 0.250. The molecule has 0 aromatic heterocycles. The van der Waals surface area contributed by atoms with Crippen molar-refractivity contribution in [1.82, 2.24) is 0 Å². The number of hydrogen-bond acceptors (Lipinski definition) is 8. The molecule has 8 aromatic rings. The van der Waals surface area contributed by atoms with Gasteiger partial charge in [-0.15, -0.1) is 0 Å². The largest absolute Gasteiger partial charge is 0.493 e. The van der Waals surface area contributed by atoms with E-state index in [1.54, 1.807) is 0 Å². The van der Waals surface area contributed by atoms with Gasteiger partial charge in [-0.25, -0.2) is 0 Å². The van der Waals surface area contributed by atoms with Crippen LogP contribution in [-0.2, 0) is 14.2 Å². The minimum absolute atomic E-state index is 0.585. The Labute approximate surface area is 425 Å². The van der Waals surface area contributed by atoms with Crippen LogP contribution in [0, 0.1) is 0 Å². The van der Waals surface area contributed by atoms with Crippen LogP contribution in [-0.4, -0.2) is 52.9 Å². The van der Waals surface area contributed by atoms with E-state index in [1.165, 1.54) is 0 Å². The van der Waals surface area contributed by atoms with E-state index in [0.29, 0.717) is 60.9 Å². The molecule has 0 bridgehead atoms. The molecule has 0 spiro atoms. The highest BCUT2D eigenvalue weighted by atomic mass is 16.5. The van der Waals surface area contributed by atoms with Gasteiger partial charge < -0.3 is 37.9 Å². The molecule has 368 valence electrons. The molecule has 8 nitrogen and oxygen atoms in total. The molecule has 0 aliphatic carbocycles. The van der Waals surface area contributed by atoms with E-state index in [0.717, 1.165) is 134 Å². The molecule has 0 fully saturated rings. The van der Waals surface area contributed by atoms with Crippen LogP contribution in [0.1, 0.15) is 51.4 Å². The number of fused-ring (bicyclic) bond motifs is 12. The molecule has 0 amide bonds. The highest BCUT2D eigenvalue weighted by molar-refractivity contribution is 5.82. The zero-order chi connectivity index (χ0) is 48.8. The molecule has 8 heteroatoms. The lowest BCUT2D eigenvalue weighted by atomic mass is 10.0. The summed E-state index contributed by atoms with van der Waals surface area (Å²) in [4.78, 5) is 0. The Balaban J connectivity index is 0.988. The molecular formula is C64H64O8. The summed E-state index contributed by atoms with van der Waals surface area (Å²) >= 11 is 0. The first-order valence-corrected chi connectivity index (χ1v) is 25.6. The van der Waals surface area contributed by atoms with Crippen LogP contribution in [0.15, 0.2) is 194 Å². The number of ether oxygens (including phenoxy) is 8. The zero-order valence-corrected chi connectivity index (χ0v) is 41.1. The van der Waals surface area contributed by atoms with Gasteiger partial charge in [0.2, 0.25) is 0 Å². The summed E-state index contributed by atoms with van der Waals surface area (Å²) in [6.07, 6.45) is 7.57. The first kappa shape index (κ1) is 49.6. The number of rotatable bonds is 0. The van der Waals surface area contributed by atoms with Gasteiger partial charge in [0.15, 0.2) is 0 Å². The molecule has 0 radical (unpaired) electrons. The number of benzene rings is 8. The van der Waals surface area contributed by atoms with Crippen molar-refractivity contribution in [1.29, 1.82) is 0 Å². The van der Waals surface area contributed by atoms with Crippen LogP contribution in [0.4, 0.5) is 0 Å². The summed E-state index contributed by atoms with van der Waals surface area (Å²) in [5, 5.41) is 0. The molecular weight excluding hydrogens is 897 g/mol. The average molecular weight is 961 g/mol. The Bertz CT molecular complexity index is 2730. The smallest absolute Gasteiger partial charge is 0.135 e. The maximum atomic E-state index is 6.98. The second-order valence-electron chi connectivity index (χ2n) is 17.6. The topological polar surface area (TPSA) is 73.8 Å². The fourth-order valence-electron chi connectivity index (χ4n) is 8.75. The number of hydrogen-bond donors (Lipinski definition) is 0. The lowest BCUT2D eigenvalue weighted by Crippen LogP contribution is -2.05. The van der Waals surface area contributed by atoms with Crippen LogP contribution >= 0.6 is 0 Å². The van der Waals surface area contributed by atoms with Crippen LogP contribution < -0.4 is 23.7 Å². The van der Waals surface area contributed by atoms with Gasteiger partial charge in [-0.3, -0.25) is 0 Å². The molecule has 0 unspecified atom stereocenters. The van der Waals surface area contributed by atoms with Gasteiger partial charge in [-0.2, -0.15) is 0 Å². The quantitative estimate of drug-likeness (QED) is 0.149. The van der Waals surface area contributed by atoms with E-state index >= 15 is 0 Å². The van der Waals surface area contributed by atoms with Crippen LogP contribution in [0.5, 0.6) is 46.0 Å². The second-order valence-corrected chi connectivity index (χ2v) is 17.6. The summed E-state index contributed by atoms with van der Waals surface area (Å²) < 4.78 is 51.4. The molecule has 1 heterocycles. The summed E-state index contributed by atoms with van der Waals surface area (Å²) in [6.45, 7) is 5.58. The molecule has 9 rings (SSSR count). The Morgan fingerprint density at radius 2 is 0.347 bits per heavy atom. The van der Waals surface area contributed by atoms with E-state index in [1.807, 2.05) is 146 Å². The third-order valence-corrected chi connectivity index (χ3v) is 12.5. The zero-order valence-electron chi connectivity index (χ0n) is 41.1. The van der Waals surface area contributed by atoms with Crippen molar-refractivity contribution in [3.8, 4) is 90.5 Å². The van der Waals surface area contributed by atoms with Crippen LogP contribution in [0.25, 0.3) is 44.5 Å². The maximum Gasteiger partial charge on any atom is 0.135 e. The maximum absolute atomic E-state index is 6.98. The molecule has 72 heavy (non-hydrogen) atoms. The average Bonchev–Trinajstić information content (AvgIpc) is 3.42. The highest BCUT2D eigenvalue weighted by Crippen LogP contribution is 2.46. The fourth-order valence-corrected chi connectivity index (χ4v) is 8.75. The monoisotopic (exact) mass is 960 g/mol. The van der Waals surface area contributed by atoms with Gasteiger partial charge in [0, 0.05) is 84.1 Å². The van der Waals surface area contributed by atoms with Crippen molar-refractivity contribution in [3.05, 3.63) is 194 Å². The third kappa shape index (κ3) is 13.5. The van der Waals surface area contributed by atoms with E-state index in [9.17, 15) is 0 Å². The third-order valence-electron chi connectivity index (χ3n) is 12.5. The summed E-state index contributed by atoms with van der Waals surface area (Å²) in [5.74, 6) is 5.80. The van der Waals surface area contributed by atoms with Crippen molar-refractivity contribution in [3.63, 3.8) is 0 Å². The summed E-state index contributed by atoms with van der Waals surface area (Å²) in [5.41, 5.74) is 7.34. The van der Waals surface area contributed by atoms with Crippen LogP contribution in [0.3, 0.4) is 0 Å². The Morgan fingerprint density at radius 3 is 0.569 bits per heavy atom. The standard InChI is InChI=1S/C64H64O8/c1-9-33-57-49(25-1)51-27-3-11-35-59(51)70-61-37-13-5-29-53(61)55-31-7-15-39-63(55)72-64-40-16-8-32-56(64)54-30-6-14-38-62(54)71-60-36-12-4-28-52(60)50-26-2-10-34-58(50)69-48-24-22-46-67-44-20-18-42-65-41-17-19-43-66-45-21-23-47-68-57/h1-16,25-40H,17-24,41-48H2. The van der Waals surface area contributed by atoms with E-state index in [2.05, 4.69) is 48.5 Å². The van der Waals surface area contributed by atoms with E-state index < -0.39 is 0 Å². The molecule has 0 saturated heterocycles. The number of para-hydroxylation sites is 8. The van der Waals surface area contributed by atoms with Gasteiger partial charge >= 0.3 is 0 Å². The van der Waals surface area contributed by atoms with Gasteiger partial charge in [0.25, 0.3) is 0 Å². The molecule has 1 aliphatic heterocycles.